The van der Waals surface area contributed by atoms with Crippen LogP contribution < -0.4 is 4.74 Å². The lowest BCUT2D eigenvalue weighted by Gasteiger charge is -2.25. The highest BCUT2D eigenvalue weighted by atomic mass is 35.5. The van der Waals surface area contributed by atoms with E-state index in [2.05, 4.69) is 0 Å². The number of ether oxygens (including phenoxy) is 1. The summed E-state index contributed by atoms with van der Waals surface area (Å²) in [6.07, 6.45) is 1.37. The summed E-state index contributed by atoms with van der Waals surface area (Å²) >= 11 is 6.09. The molecule has 3 aromatic carbocycles. The molecule has 3 aromatic rings. The molecule has 1 N–H and O–H groups in total. The van der Waals surface area contributed by atoms with Gasteiger partial charge in [-0.25, -0.2) is 0 Å². The molecule has 2 unspecified atom stereocenters. The number of likely N-dealkylation sites (tertiary alicyclic amines) is 1. The minimum atomic E-state index is -0.704. The molecule has 0 spiro atoms. The molecule has 0 bridgehead atoms. The highest BCUT2D eigenvalue weighted by molar-refractivity contribution is 6.46. The first-order valence-electron chi connectivity index (χ1n) is 11.3. The minimum Gasteiger partial charge on any atom is -0.507 e. The van der Waals surface area contributed by atoms with Gasteiger partial charge in [-0.1, -0.05) is 54.1 Å². The van der Waals surface area contributed by atoms with E-state index in [4.69, 9.17) is 16.3 Å². The summed E-state index contributed by atoms with van der Waals surface area (Å²) in [6, 6.07) is 21.5. The number of carbonyl (C=O) groups is 2. The summed E-state index contributed by atoms with van der Waals surface area (Å²) < 4.78 is 5.76. The number of benzene rings is 3. The van der Waals surface area contributed by atoms with Gasteiger partial charge in [0.2, 0.25) is 0 Å². The Bertz CT molecular complexity index is 1280. The van der Waals surface area contributed by atoms with Gasteiger partial charge in [0.1, 0.15) is 17.6 Å². The molecule has 6 heteroatoms. The summed E-state index contributed by atoms with van der Waals surface area (Å²) in [6.45, 7) is 2.33. The normalized spacial score (nSPS) is 20.9. The Balaban J connectivity index is 1.57. The second kappa shape index (κ2) is 8.99. The molecular weight excluding hydrogens is 450 g/mol. The number of hydrogen-bond acceptors (Lipinski definition) is 4. The summed E-state index contributed by atoms with van der Waals surface area (Å²) in [4.78, 5) is 27.9. The molecule has 0 aliphatic carbocycles. The van der Waals surface area contributed by atoms with Crippen molar-refractivity contribution in [3.8, 4) is 5.75 Å². The number of aliphatic hydroxyl groups excluding tert-OH is 1. The van der Waals surface area contributed by atoms with Crippen LogP contribution >= 0.6 is 11.6 Å². The van der Waals surface area contributed by atoms with Crippen molar-refractivity contribution in [2.75, 3.05) is 6.54 Å². The lowest BCUT2D eigenvalue weighted by atomic mass is 9.94. The SMILES string of the molecule is CC1Cc2cc(/C(O)=C3\C(=O)C(=O)N(CCc4ccccc4)C3c3ccc(Cl)cc3)ccc2O1. The number of fused-ring (bicyclic) bond motifs is 1. The third kappa shape index (κ3) is 4.08. The maximum Gasteiger partial charge on any atom is 0.295 e. The minimum absolute atomic E-state index is 0.0602. The molecule has 2 heterocycles. The lowest BCUT2D eigenvalue weighted by molar-refractivity contribution is -0.139. The zero-order valence-electron chi connectivity index (χ0n) is 18.7. The Labute approximate surface area is 203 Å². The fraction of sp³-hybridized carbons (Fsp3) is 0.214. The van der Waals surface area contributed by atoms with Crippen molar-refractivity contribution in [3.05, 3.63) is 106 Å². The Morgan fingerprint density at radius 3 is 2.53 bits per heavy atom. The van der Waals surface area contributed by atoms with Gasteiger partial charge < -0.3 is 14.7 Å². The number of aliphatic hydroxyl groups is 1. The van der Waals surface area contributed by atoms with Crippen LogP contribution in [-0.2, 0) is 22.4 Å². The summed E-state index contributed by atoms with van der Waals surface area (Å²) in [5, 5.41) is 11.9. The van der Waals surface area contributed by atoms with E-state index in [0.717, 1.165) is 28.9 Å². The number of amides is 1. The molecular formula is C28H24ClNO4. The van der Waals surface area contributed by atoms with Crippen LogP contribution in [0.2, 0.25) is 5.02 Å². The maximum absolute atomic E-state index is 13.2. The zero-order valence-corrected chi connectivity index (χ0v) is 19.5. The fourth-order valence-electron chi connectivity index (χ4n) is 4.72. The Kier molecular flexibility index (Phi) is 5.88. The van der Waals surface area contributed by atoms with Gasteiger partial charge in [-0.15, -0.1) is 0 Å². The van der Waals surface area contributed by atoms with Crippen molar-refractivity contribution < 1.29 is 19.4 Å². The number of nitrogens with zero attached hydrogens (tertiary/aromatic N) is 1. The Hall–Kier alpha value is -3.57. The van der Waals surface area contributed by atoms with Gasteiger partial charge in [-0.2, -0.15) is 0 Å². The molecule has 0 radical (unpaired) electrons. The monoisotopic (exact) mass is 473 g/mol. The number of rotatable bonds is 5. The molecule has 5 nitrogen and oxygen atoms in total. The van der Waals surface area contributed by atoms with Gasteiger partial charge in [0.05, 0.1) is 11.6 Å². The average molecular weight is 474 g/mol. The highest BCUT2D eigenvalue weighted by Gasteiger charge is 2.45. The average Bonchev–Trinajstić information content (AvgIpc) is 3.34. The van der Waals surface area contributed by atoms with E-state index in [-0.39, 0.29) is 17.4 Å². The van der Waals surface area contributed by atoms with Crippen LogP contribution in [0.15, 0.2) is 78.4 Å². The van der Waals surface area contributed by atoms with Crippen molar-refractivity contribution in [2.45, 2.75) is 31.9 Å². The van der Waals surface area contributed by atoms with Crippen LogP contribution in [0.25, 0.3) is 5.76 Å². The molecule has 34 heavy (non-hydrogen) atoms. The van der Waals surface area contributed by atoms with E-state index in [1.54, 1.807) is 41.3 Å². The van der Waals surface area contributed by atoms with E-state index in [1.165, 1.54) is 0 Å². The third-order valence-electron chi connectivity index (χ3n) is 6.38. The summed E-state index contributed by atoms with van der Waals surface area (Å²) in [7, 11) is 0. The predicted octanol–water partition coefficient (Wildman–Crippen LogP) is 5.33. The van der Waals surface area contributed by atoms with Gasteiger partial charge in [-0.05, 0) is 60.4 Å². The first-order chi connectivity index (χ1) is 16.4. The number of hydrogen-bond donors (Lipinski definition) is 1. The second-order valence-corrected chi connectivity index (χ2v) is 9.17. The fourth-order valence-corrected chi connectivity index (χ4v) is 4.85. The molecule has 172 valence electrons. The largest absolute Gasteiger partial charge is 0.507 e. The number of ketones is 1. The number of Topliss-reactive ketones (excluding diaryl/α,β-unsaturated/α-hetero) is 1. The van der Waals surface area contributed by atoms with Crippen molar-refractivity contribution in [2.24, 2.45) is 0 Å². The van der Waals surface area contributed by atoms with E-state index >= 15 is 0 Å². The summed E-state index contributed by atoms with van der Waals surface area (Å²) in [5.41, 5.74) is 3.34. The molecule has 0 aromatic heterocycles. The molecule has 5 rings (SSSR count). The first-order valence-corrected chi connectivity index (χ1v) is 11.7. The molecule has 2 atom stereocenters. The van der Waals surface area contributed by atoms with Crippen LogP contribution in [0, 0.1) is 0 Å². The van der Waals surface area contributed by atoms with Crippen LogP contribution in [0.3, 0.4) is 0 Å². The standard InChI is InChI=1S/C28H24ClNO4/c1-17-15-21-16-20(9-12-23(21)34-17)26(31)24-25(19-7-10-22(29)11-8-19)30(28(33)27(24)32)14-13-18-5-3-2-4-6-18/h2-12,16-17,25,31H,13-15H2,1H3/b26-24+. The van der Waals surface area contributed by atoms with E-state index in [0.29, 0.717) is 23.6 Å². The molecule has 2 aliphatic heterocycles. The van der Waals surface area contributed by atoms with Gasteiger partial charge in [0, 0.05) is 23.6 Å². The van der Waals surface area contributed by atoms with E-state index < -0.39 is 17.7 Å². The first kappa shape index (κ1) is 22.2. The number of carbonyl (C=O) groups excluding carboxylic acids is 2. The molecule has 0 saturated carbocycles. The van der Waals surface area contributed by atoms with Gasteiger partial charge in [0.25, 0.3) is 11.7 Å². The molecule has 1 saturated heterocycles. The molecule has 1 amide bonds. The van der Waals surface area contributed by atoms with Crippen molar-refractivity contribution in [1.82, 2.24) is 4.90 Å². The van der Waals surface area contributed by atoms with Crippen molar-refractivity contribution in [1.29, 1.82) is 0 Å². The zero-order chi connectivity index (χ0) is 23.8. The van der Waals surface area contributed by atoms with Crippen LogP contribution in [0.1, 0.15) is 35.2 Å². The highest BCUT2D eigenvalue weighted by Crippen LogP contribution is 2.41. The van der Waals surface area contributed by atoms with Crippen molar-refractivity contribution in [3.63, 3.8) is 0 Å². The molecule has 2 aliphatic rings. The van der Waals surface area contributed by atoms with Crippen LogP contribution in [0.4, 0.5) is 0 Å². The number of halogens is 1. The Morgan fingerprint density at radius 1 is 1.06 bits per heavy atom. The topological polar surface area (TPSA) is 66.8 Å². The predicted molar refractivity (Wildman–Crippen MR) is 131 cm³/mol. The Morgan fingerprint density at radius 2 is 1.79 bits per heavy atom. The maximum atomic E-state index is 13.2. The quantitative estimate of drug-likeness (QED) is 0.309. The van der Waals surface area contributed by atoms with Crippen LogP contribution in [0.5, 0.6) is 5.75 Å². The second-order valence-electron chi connectivity index (χ2n) is 8.73. The smallest absolute Gasteiger partial charge is 0.295 e. The van der Waals surface area contributed by atoms with Gasteiger partial charge >= 0.3 is 0 Å². The van der Waals surface area contributed by atoms with E-state index in [9.17, 15) is 14.7 Å². The third-order valence-corrected chi connectivity index (χ3v) is 6.63. The molecule has 1 fully saturated rings. The van der Waals surface area contributed by atoms with Gasteiger partial charge in [0.15, 0.2) is 0 Å². The summed E-state index contributed by atoms with van der Waals surface area (Å²) in [5.74, 6) is -0.698. The van der Waals surface area contributed by atoms with Crippen LogP contribution in [-0.4, -0.2) is 34.3 Å². The lowest BCUT2D eigenvalue weighted by Crippen LogP contribution is -2.31. The van der Waals surface area contributed by atoms with E-state index in [1.807, 2.05) is 43.3 Å². The van der Waals surface area contributed by atoms with Gasteiger partial charge in [-0.3, -0.25) is 9.59 Å². The van der Waals surface area contributed by atoms with Crippen molar-refractivity contribution >= 4 is 29.1 Å².